The monoisotopic (exact) mass is 461 g/mol. The topological polar surface area (TPSA) is 106 Å². The molecule has 1 aromatic heterocycles. The predicted octanol–water partition coefficient (Wildman–Crippen LogP) is 4.41. The third kappa shape index (κ3) is 4.31. The molecule has 0 radical (unpaired) electrons. The van der Waals surface area contributed by atoms with E-state index in [-0.39, 0.29) is 10.9 Å². The molecule has 0 saturated heterocycles. The van der Waals surface area contributed by atoms with E-state index in [1.165, 1.54) is 6.07 Å². The molecular weight excluding hydrogens is 442 g/mol. The number of aromatic nitrogens is 1. The number of fused-ring (bicyclic) bond motifs is 2. The van der Waals surface area contributed by atoms with Crippen LogP contribution in [0, 0.1) is 6.92 Å². The molecule has 1 amide bonds. The molecule has 0 saturated carbocycles. The van der Waals surface area contributed by atoms with E-state index in [1.807, 2.05) is 25.1 Å². The summed E-state index contributed by atoms with van der Waals surface area (Å²) in [5.41, 5.74) is 3.74. The summed E-state index contributed by atoms with van der Waals surface area (Å²) in [7, 11) is 0. The Bertz CT molecular complexity index is 1400. The lowest BCUT2D eigenvalue weighted by Gasteiger charge is -2.18. The second-order valence-corrected chi connectivity index (χ2v) is 7.90. The first-order chi connectivity index (χ1) is 16.0. The molecule has 3 aromatic carbocycles. The standard InChI is InChI=1S/C24H19N3O5S/c1-13-2-6-17-20(10-13)32-23(26-17)16-5-4-15(12-18(16)28)25-24(33)27-22(29)14-3-7-19-21(11-14)31-9-8-30-19/h2-7,10-12,28H,8-9H2,1H3,(H2,25,27,29,33). The molecule has 5 rings (SSSR count). The average Bonchev–Trinajstić information content (AvgIpc) is 3.21. The highest BCUT2D eigenvalue weighted by Gasteiger charge is 2.17. The molecule has 2 heterocycles. The van der Waals surface area contributed by atoms with E-state index in [4.69, 9.17) is 26.1 Å². The van der Waals surface area contributed by atoms with E-state index >= 15 is 0 Å². The summed E-state index contributed by atoms with van der Waals surface area (Å²) in [5, 5.41) is 16.1. The molecule has 1 aliphatic heterocycles. The molecule has 0 fully saturated rings. The van der Waals surface area contributed by atoms with E-state index in [9.17, 15) is 9.90 Å². The van der Waals surface area contributed by atoms with Crippen LogP contribution in [0.4, 0.5) is 5.69 Å². The van der Waals surface area contributed by atoms with Crippen LogP contribution in [0.2, 0.25) is 0 Å². The van der Waals surface area contributed by atoms with Crippen molar-refractivity contribution in [3.05, 3.63) is 65.7 Å². The fourth-order valence-electron chi connectivity index (χ4n) is 3.46. The van der Waals surface area contributed by atoms with Crippen molar-refractivity contribution in [1.82, 2.24) is 10.3 Å². The van der Waals surface area contributed by atoms with Crippen molar-refractivity contribution < 1.29 is 23.8 Å². The number of anilines is 1. The number of carbonyl (C=O) groups is 1. The number of nitrogens with one attached hydrogen (secondary N) is 2. The van der Waals surface area contributed by atoms with Gasteiger partial charge in [0, 0.05) is 17.3 Å². The minimum Gasteiger partial charge on any atom is -0.507 e. The average molecular weight is 461 g/mol. The second kappa shape index (κ2) is 8.44. The summed E-state index contributed by atoms with van der Waals surface area (Å²) in [6.07, 6.45) is 0. The Hall–Kier alpha value is -4.11. The molecule has 0 aliphatic carbocycles. The third-order valence-corrected chi connectivity index (χ3v) is 5.27. The Kier molecular flexibility index (Phi) is 5.31. The molecule has 9 heteroatoms. The number of ether oxygens (including phenoxy) is 2. The van der Waals surface area contributed by atoms with Crippen molar-refractivity contribution >= 4 is 40.0 Å². The number of hydrogen-bond donors (Lipinski definition) is 3. The summed E-state index contributed by atoms with van der Waals surface area (Å²) < 4.78 is 16.8. The summed E-state index contributed by atoms with van der Waals surface area (Å²) in [5.74, 6) is 0.997. The van der Waals surface area contributed by atoms with Gasteiger partial charge in [0.15, 0.2) is 22.2 Å². The van der Waals surface area contributed by atoms with Crippen molar-refractivity contribution in [2.75, 3.05) is 18.5 Å². The number of oxazole rings is 1. The van der Waals surface area contributed by atoms with Crippen LogP contribution in [0.5, 0.6) is 17.2 Å². The smallest absolute Gasteiger partial charge is 0.257 e. The molecule has 8 nitrogen and oxygen atoms in total. The van der Waals surface area contributed by atoms with Crippen molar-refractivity contribution in [2.45, 2.75) is 6.92 Å². The molecule has 1 aliphatic rings. The number of amides is 1. The van der Waals surface area contributed by atoms with Crippen molar-refractivity contribution in [1.29, 1.82) is 0 Å². The fourth-order valence-corrected chi connectivity index (χ4v) is 3.67. The highest BCUT2D eigenvalue weighted by Crippen LogP contribution is 2.33. The minimum absolute atomic E-state index is 0.0377. The highest BCUT2D eigenvalue weighted by molar-refractivity contribution is 7.80. The van der Waals surface area contributed by atoms with Gasteiger partial charge in [-0.1, -0.05) is 6.07 Å². The van der Waals surface area contributed by atoms with Gasteiger partial charge in [0.25, 0.3) is 5.91 Å². The summed E-state index contributed by atoms with van der Waals surface area (Å²) >= 11 is 5.25. The first-order valence-electron chi connectivity index (χ1n) is 10.2. The van der Waals surface area contributed by atoms with Gasteiger partial charge < -0.3 is 24.3 Å². The van der Waals surface area contributed by atoms with Gasteiger partial charge in [-0.25, -0.2) is 4.98 Å². The molecule has 0 unspecified atom stereocenters. The summed E-state index contributed by atoms with van der Waals surface area (Å²) in [6.45, 7) is 2.88. The summed E-state index contributed by atoms with van der Waals surface area (Å²) in [4.78, 5) is 17.0. The zero-order chi connectivity index (χ0) is 22.9. The predicted molar refractivity (Wildman–Crippen MR) is 127 cm³/mol. The molecule has 3 N–H and O–H groups in total. The second-order valence-electron chi connectivity index (χ2n) is 7.49. The number of rotatable bonds is 3. The fraction of sp³-hybridized carbons (Fsp3) is 0.125. The number of nitrogens with zero attached hydrogens (tertiary/aromatic N) is 1. The van der Waals surface area contributed by atoms with Crippen LogP contribution >= 0.6 is 12.2 Å². The maximum absolute atomic E-state index is 12.5. The molecule has 0 spiro atoms. The van der Waals surface area contributed by atoms with E-state index < -0.39 is 5.91 Å². The molecule has 4 aromatic rings. The first-order valence-corrected chi connectivity index (χ1v) is 10.6. The van der Waals surface area contributed by atoms with Crippen LogP contribution < -0.4 is 20.1 Å². The van der Waals surface area contributed by atoms with E-state index in [0.29, 0.717) is 58.5 Å². The molecule has 33 heavy (non-hydrogen) atoms. The Labute approximate surface area is 194 Å². The lowest BCUT2D eigenvalue weighted by molar-refractivity contribution is 0.0976. The number of hydrogen-bond acceptors (Lipinski definition) is 7. The highest BCUT2D eigenvalue weighted by atomic mass is 32.1. The van der Waals surface area contributed by atoms with Crippen molar-refractivity contribution in [3.63, 3.8) is 0 Å². The Morgan fingerprint density at radius 3 is 2.67 bits per heavy atom. The van der Waals surface area contributed by atoms with Crippen LogP contribution in [0.15, 0.2) is 59.0 Å². The van der Waals surface area contributed by atoms with Gasteiger partial charge >= 0.3 is 0 Å². The zero-order valence-corrected chi connectivity index (χ0v) is 18.4. The van der Waals surface area contributed by atoms with Gasteiger partial charge in [0.1, 0.15) is 24.5 Å². The molecule has 0 atom stereocenters. The van der Waals surface area contributed by atoms with Gasteiger partial charge in [-0.05, 0) is 67.2 Å². The van der Waals surface area contributed by atoms with E-state index in [1.54, 1.807) is 30.3 Å². The first kappa shape index (κ1) is 20.8. The zero-order valence-electron chi connectivity index (χ0n) is 17.5. The van der Waals surface area contributed by atoms with E-state index in [0.717, 1.165) is 5.56 Å². The summed E-state index contributed by atoms with van der Waals surface area (Å²) in [6, 6.07) is 15.5. The Balaban J connectivity index is 1.27. The third-order valence-electron chi connectivity index (χ3n) is 5.06. The molecule has 166 valence electrons. The quantitative estimate of drug-likeness (QED) is 0.386. The molecule has 0 bridgehead atoms. The number of thiocarbonyl (C=S) groups is 1. The Morgan fingerprint density at radius 2 is 1.85 bits per heavy atom. The normalized spacial score (nSPS) is 12.4. The molecular formula is C24H19N3O5S. The van der Waals surface area contributed by atoms with Crippen LogP contribution in [0.25, 0.3) is 22.6 Å². The lowest BCUT2D eigenvalue weighted by atomic mass is 10.1. The van der Waals surface area contributed by atoms with Crippen LogP contribution in [-0.4, -0.2) is 34.3 Å². The minimum atomic E-state index is -0.396. The van der Waals surface area contributed by atoms with Crippen LogP contribution in [0.3, 0.4) is 0 Å². The van der Waals surface area contributed by atoms with Gasteiger partial charge in [0.05, 0.1) is 5.56 Å². The van der Waals surface area contributed by atoms with Gasteiger partial charge in [0.2, 0.25) is 5.89 Å². The Morgan fingerprint density at radius 1 is 1.03 bits per heavy atom. The number of phenols is 1. The van der Waals surface area contributed by atoms with Crippen molar-refractivity contribution in [3.8, 4) is 28.7 Å². The van der Waals surface area contributed by atoms with Crippen LogP contribution in [-0.2, 0) is 0 Å². The number of aryl methyl sites for hydroxylation is 1. The lowest BCUT2D eigenvalue weighted by Crippen LogP contribution is -2.34. The van der Waals surface area contributed by atoms with E-state index in [2.05, 4.69) is 15.6 Å². The van der Waals surface area contributed by atoms with Crippen molar-refractivity contribution in [2.24, 2.45) is 0 Å². The number of aromatic hydroxyl groups is 1. The SMILES string of the molecule is Cc1ccc2nc(-c3ccc(NC(=S)NC(=O)c4ccc5c(c4)OCCO5)cc3O)oc2c1. The maximum atomic E-state index is 12.5. The van der Waals surface area contributed by atoms with Gasteiger partial charge in [-0.2, -0.15) is 0 Å². The number of carbonyl (C=O) groups excluding carboxylic acids is 1. The van der Waals surface area contributed by atoms with Gasteiger partial charge in [-0.3, -0.25) is 10.1 Å². The number of phenolic OH excluding ortho intramolecular Hbond substituents is 1. The number of benzene rings is 3. The largest absolute Gasteiger partial charge is 0.507 e. The van der Waals surface area contributed by atoms with Crippen LogP contribution in [0.1, 0.15) is 15.9 Å². The van der Waals surface area contributed by atoms with Gasteiger partial charge in [-0.15, -0.1) is 0 Å². The maximum Gasteiger partial charge on any atom is 0.257 e.